The van der Waals surface area contributed by atoms with Gasteiger partial charge in [0.2, 0.25) is 11.9 Å². The Hall–Kier alpha value is -3.20. The lowest BCUT2D eigenvalue weighted by atomic mass is 10.2. The molecule has 0 unspecified atom stereocenters. The molecule has 1 heterocycles. The largest absolute Gasteiger partial charge is 0.368 e. The molecule has 0 radical (unpaired) electrons. The number of nitrogen functional groups attached to an aromatic ring is 2. The number of sulfonamides is 1. The molecule has 0 atom stereocenters. The lowest BCUT2D eigenvalue weighted by Gasteiger charge is -2.25. The highest BCUT2D eigenvalue weighted by Crippen LogP contribution is 2.28. The van der Waals surface area contributed by atoms with Crippen molar-refractivity contribution in [3.05, 3.63) is 66.0 Å². The molecule has 0 amide bonds. The molecule has 9 heteroatoms. The highest BCUT2D eigenvalue weighted by atomic mass is 32.2. The standard InChI is InChI=1S/C17H18N6O2S/c1-12-7-5-6-10-14(12)23(11-15-20-16(18)22-17(19)21-15)26(24,25)13-8-3-2-4-9-13/h2-10H,11H2,1H3,(H4,18,19,20,21,22). The molecule has 1 aromatic heterocycles. The molecule has 0 fully saturated rings. The first-order valence-electron chi connectivity index (χ1n) is 7.77. The van der Waals surface area contributed by atoms with E-state index in [9.17, 15) is 8.42 Å². The van der Waals surface area contributed by atoms with Crippen LogP contribution in [-0.2, 0) is 16.6 Å². The van der Waals surface area contributed by atoms with E-state index in [1.807, 2.05) is 19.1 Å². The molecule has 3 rings (SSSR count). The SMILES string of the molecule is Cc1ccccc1N(Cc1nc(N)nc(N)n1)S(=O)(=O)c1ccccc1. The Balaban J connectivity index is 2.13. The molecule has 134 valence electrons. The number of para-hydroxylation sites is 1. The molecule has 8 nitrogen and oxygen atoms in total. The fraction of sp³-hybridized carbons (Fsp3) is 0.118. The quantitative estimate of drug-likeness (QED) is 0.700. The molecule has 3 aromatic rings. The predicted octanol–water partition coefficient (Wildman–Crippen LogP) is 1.74. The summed E-state index contributed by atoms with van der Waals surface area (Å²) in [6.07, 6.45) is 0. The normalized spacial score (nSPS) is 11.3. The summed E-state index contributed by atoms with van der Waals surface area (Å²) in [6, 6.07) is 15.3. The van der Waals surface area contributed by atoms with Crippen LogP contribution in [0.25, 0.3) is 0 Å². The van der Waals surface area contributed by atoms with Gasteiger partial charge >= 0.3 is 0 Å². The molecule has 0 aliphatic heterocycles. The summed E-state index contributed by atoms with van der Waals surface area (Å²) in [5.74, 6) is 0.0430. The fourth-order valence-corrected chi connectivity index (χ4v) is 4.02. The third-order valence-corrected chi connectivity index (χ3v) is 5.49. The summed E-state index contributed by atoms with van der Waals surface area (Å²) >= 11 is 0. The second-order valence-electron chi connectivity index (χ2n) is 5.58. The Kier molecular flexibility index (Phi) is 4.72. The van der Waals surface area contributed by atoms with Gasteiger partial charge < -0.3 is 11.5 Å². The number of aryl methyl sites for hydroxylation is 1. The predicted molar refractivity (Wildman–Crippen MR) is 99.6 cm³/mol. The maximum absolute atomic E-state index is 13.3. The van der Waals surface area contributed by atoms with Crippen molar-refractivity contribution in [3.8, 4) is 0 Å². The second kappa shape index (κ2) is 6.96. The van der Waals surface area contributed by atoms with E-state index in [0.717, 1.165) is 5.56 Å². The van der Waals surface area contributed by atoms with E-state index in [1.54, 1.807) is 30.3 Å². The zero-order valence-corrected chi connectivity index (χ0v) is 14.9. The third kappa shape index (κ3) is 3.57. The molecule has 2 aromatic carbocycles. The van der Waals surface area contributed by atoms with Crippen molar-refractivity contribution in [3.63, 3.8) is 0 Å². The van der Waals surface area contributed by atoms with Crippen molar-refractivity contribution in [2.24, 2.45) is 0 Å². The van der Waals surface area contributed by atoms with E-state index in [-0.39, 0.29) is 29.2 Å². The van der Waals surface area contributed by atoms with Crippen molar-refractivity contribution < 1.29 is 8.42 Å². The number of rotatable bonds is 5. The minimum absolute atomic E-state index is 0.0608. The monoisotopic (exact) mass is 370 g/mol. The Morgan fingerprint density at radius 3 is 2.08 bits per heavy atom. The van der Waals surface area contributed by atoms with Gasteiger partial charge in [-0.1, -0.05) is 36.4 Å². The van der Waals surface area contributed by atoms with Crippen LogP contribution in [0.2, 0.25) is 0 Å². The van der Waals surface area contributed by atoms with Crippen LogP contribution >= 0.6 is 0 Å². The van der Waals surface area contributed by atoms with Crippen LogP contribution in [0.3, 0.4) is 0 Å². The highest BCUT2D eigenvalue weighted by molar-refractivity contribution is 7.92. The number of nitrogens with zero attached hydrogens (tertiary/aromatic N) is 4. The summed E-state index contributed by atoms with van der Waals surface area (Å²) in [6.45, 7) is 1.71. The molecule has 0 aliphatic rings. The van der Waals surface area contributed by atoms with Crippen LogP contribution in [0, 0.1) is 6.92 Å². The van der Waals surface area contributed by atoms with Crippen LogP contribution in [0.1, 0.15) is 11.4 Å². The van der Waals surface area contributed by atoms with E-state index < -0.39 is 10.0 Å². The average Bonchev–Trinajstić information content (AvgIpc) is 2.60. The van der Waals surface area contributed by atoms with Crippen molar-refractivity contribution in [2.75, 3.05) is 15.8 Å². The number of hydrogen-bond donors (Lipinski definition) is 2. The summed E-state index contributed by atoms with van der Waals surface area (Å²) in [5.41, 5.74) is 12.5. The lowest BCUT2D eigenvalue weighted by molar-refractivity contribution is 0.589. The third-order valence-electron chi connectivity index (χ3n) is 3.72. The first kappa shape index (κ1) is 17.6. The van der Waals surface area contributed by atoms with Gasteiger partial charge in [0, 0.05) is 0 Å². The van der Waals surface area contributed by atoms with Crippen LogP contribution in [0.4, 0.5) is 17.6 Å². The van der Waals surface area contributed by atoms with E-state index in [0.29, 0.717) is 5.69 Å². The molecular weight excluding hydrogens is 352 g/mol. The minimum Gasteiger partial charge on any atom is -0.368 e. The van der Waals surface area contributed by atoms with Gasteiger partial charge in [-0.05, 0) is 30.7 Å². The van der Waals surface area contributed by atoms with Gasteiger partial charge in [0.05, 0.1) is 17.1 Å². The number of aromatic nitrogens is 3. The van der Waals surface area contributed by atoms with Gasteiger partial charge in [-0.3, -0.25) is 4.31 Å². The molecule has 0 spiro atoms. The van der Waals surface area contributed by atoms with Crippen LogP contribution in [0.5, 0.6) is 0 Å². The Morgan fingerprint density at radius 2 is 1.46 bits per heavy atom. The minimum atomic E-state index is -3.85. The Labute approximate surface area is 151 Å². The van der Waals surface area contributed by atoms with Gasteiger partial charge in [0.15, 0.2) is 5.82 Å². The first-order chi connectivity index (χ1) is 12.4. The molecule has 0 saturated carbocycles. The molecule has 26 heavy (non-hydrogen) atoms. The summed E-state index contributed by atoms with van der Waals surface area (Å²) in [7, 11) is -3.85. The number of hydrogen-bond acceptors (Lipinski definition) is 7. The molecule has 0 bridgehead atoms. The van der Waals surface area contributed by atoms with E-state index in [1.165, 1.54) is 16.4 Å². The van der Waals surface area contributed by atoms with Gasteiger partial charge in [-0.25, -0.2) is 8.42 Å². The Bertz CT molecular complexity index is 1000. The topological polar surface area (TPSA) is 128 Å². The van der Waals surface area contributed by atoms with Crippen LogP contribution < -0.4 is 15.8 Å². The zero-order valence-electron chi connectivity index (χ0n) is 14.1. The average molecular weight is 370 g/mol. The molecular formula is C17H18N6O2S. The van der Waals surface area contributed by atoms with E-state index >= 15 is 0 Å². The van der Waals surface area contributed by atoms with Crippen molar-refractivity contribution in [1.82, 2.24) is 15.0 Å². The van der Waals surface area contributed by atoms with E-state index in [2.05, 4.69) is 15.0 Å². The van der Waals surface area contributed by atoms with Crippen LogP contribution in [0.15, 0.2) is 59.5 Å². The van der Waals surface area contributed by atoms with E-state index in [4.69, 9.17) is 11.5 Å². The maximum atomic E-state index is 13.3. The summed E-state index contributed by atoms with van der Waals surface area (Å²) in [5, 5.41) is 0. The zero-order chi connectivity index (χ0) is 18.7. The lowest BCUT2D eigenvalue weighted by Crippen LogP contribution is -2.32. The summed E-state index contributed by atoms with van der Waals surface area (Å²) < 4.78 is 27.7. The van der Waals surface area contributed by atoms with Gasteiger partial charge in [0.25, 0.3) is 10.0 Å². The van der Waals surface area contributed by atoms with Gasteiger partial charge in [-0.15, -0.1) is 0 Å². The maximum Gasteiger partial charge on any atom is 0.264 e. The number of nitrogens with two attached hydrogens (primary N) is 2. The Morgan fingerprint density at radius 1 is 0.885 bits per heavy atom. The molecule has 4 N–H and O–H groups in total. The van der Waals surface area contributed by atoms with Crippen molar-refractivity contribution in [1.29, 1.82) is 0 Å². The molecule has 0 aliphatic carbocycles. The molecule has 0 saturated heterocycles. The highest BCUT2D eigenvalue weighted by Gasteiger charge is 2.27. The number of anilines is 3. The van der Waals surface area contributed by atoms with Gasteiger partial charge in [0.1, 0.15) is 0 Å². The number of benzene rings is 2. The first-order valence-corrected chi connectivity index (χ1v) is 9.21. The smallest absolute Gasteiger partial charge is 0.264 e. The van der Waals surface area contributed by atoms with Crippen molar-refractivity contribution >= 4 is 27.6 Å². The van der Waals surface area contributed by atoms with Gasteiger partial charge in [-0.2, -0.15) is 15.0 Å². The summed E-state index contributed by atoms with van der Waals surface area (Å²) in [4.78, 5) is 11.9. The fourth-order valence-electron chi connectivity index (χ4n) is 2.52. The second-order valence-corrected chi connectivity index (χ2v) is 7.44. The van der Waals surface area contributed by atoms with Crippen molar-refractivity contribution in [2.45, 2.75) is 18.4 Å². The van der Waals surface area contributed by atoms with Crippen LogP contribution in [-0.4, -0.2) is 23.4 Å².